The summed E-state index contributed by atoms with van der Waals surface area (Å²) in [5.41, 5.74) is -1.11. The van der Waals surface area contributed by atoms with Crippen LogP contribution in [0.25, 0.3) is 6.08 Å². The zero-order chi connectivity index (χ0) is 14.4. The van der Waals surface area contributed by atoms with Crippen molar-refractivity contribution >= 4 is 21.9 Å². The first kappa shape index (κ1) is 13.6. The van der Waals surface area contributed by atoms with E-state index in [2.05, 4.69) is 0 Å². The number of benzene rings is 1. The maximum absolute atomic E-state index is 12.5. The van der Waals surface area contributed by atoms with E-state index in [1.54, 1.807) is 0 Å². The molecule has 1 N–H and O–H groups in total. The molecule has 0 saturated heterocycles. The number of rotatable bonds is 2. The molecule has 0 fully saturated rings. The van der Waals surface area contributed by atoms with Crippen LogP contribution in [0.1, 0.15) is 17.5 Å². The molecule has 1 heterocycles. The molecule has 0 radical (unpaired) electrons. The van der Waals surface area contributed by atoms with E-state index in [1.807, 2.05) is 0 Å². The summed E-state index contributed by atoms with van der Waals surface area (Å²) in [7, 11) is -3.99. The van der Waals surface area contributed by atoms with Gasteiger partial charge in [-0.25, -0.2) is 8.42 Å². The van der Waals surface area contributed by atoms with Crippen molar-refractivity contribution in [3.05, 3.63) is 34.2 Å². The number of aliphatic carboxylic acids is 1. The van der Waals surface area contributed by atoms with Gasteiger partial charge in [-0.3, -0.25) is 4.79 Å². The molecular weight excluding hydrogens is 285 g/mol. The number of fused-ring (bicyclic) bond motifs is 1. The molecule has 0 atom stereocenters. The highest BCUT2D eigenvalue weighted by molar-refractivity contribution is 7.95. The van der Waals surface area contributed by atoms with Gasteiger partial charge in [-0.2, -0.15) is 13.2 Å². The van der Waals surface area contributed by atoms with Crippen molar-refractivity contribution < 1.29 is 31.5 Å². The number of carbonyl (C=O) groups is 1. The number of alkyl halides is 3. The van der Waals surface area contributed by atoms with Gasteiger partial charge < -0.3 is 5.11 Å². The SMILES string of the molecule is O=C(O)CC1=Cc2cc(C(F)(F)F)ccc2S1(=O)=O. The molecule has 0 saturated carbocycles. The third-order valence-corrected chi connectivity index (χ3v) is 4.52. The van der Waals surface area contributed by atoms with Crippen LogP contribution in [0.5, 0.6) is 0 Å². The third-order valence-electron chi connectivity index (χ3n) is 2.61. The maximum atomic E-state index is 12.5. The van der Waals surface area contributed by atoms with E-state index in [4.69, 9.17) is 5.11 Å². The fourth-order valence-electron chi connectivity index (χ4n) is 1.77. The average Bonchev–Trinajstić information content (AvgIpc) is 2.48. The molecule has 102 valence electrons. The minimum Gasteiger partial charge on any atom is -0.481 e. The van der Waals surface area contributed by atoms with Gasteiger partial charge >= 0.3 is 12.1 Å². The number of sulfone groups is 1. The average molecular weight is 292 g/mol. The Bertz CT molecular complexity index is 686. The van der Waals surface area contributed by atoms with Crippen LogP contribution in [0, 0.1) is 0 Å². The van der Waals surface area contributed by atoms with Gasteiger partial charge in [-0.05, 0) is 29.8 Å². The number of hydrogen-bond acceptors (Lipinski definition) is 3. The molecule has 1 aliphatic heterocycles. The van der Waals surface area contributed by atoms with Crippen molar-refractivity contribution in [1.82, 2.24) is 0 Å². The van der Waals surface area contributed by atoms with Crippen molar-refractivity contribution in [2.45, 2.75) is 17.5 Å². The molecule has 0 aliphatic carbocycles. The van der Waals surface area contributed by atoms with Gasteiger partial charge in [0.1, 0.15) is 0 Å². The van der Waals surface area contributed by atoms with Gasteiger partial charge in [0.15, 0.2) is 0 Å². The highest BCUT2D eigenvalue weighted by atomic mass is 32.2. The Hall–Kier alpha value is -1.83. The molecule has 8 heteroatoms. The molecule has 2 rings (SSSR count). The second-order valence-corrected chi connectivity index (χ2v) is 5.91. The Morgan fingerprint density at radius 1 is 1.26 bits per heavy atom. The summed E-state index contributed by atoms with van der Waals surface area (Å²) >= 11 is 0. The van der Waals surface area contributed by atoms with Crippen molar-refractivity contribution in [3.63, 3.8) is 0 Å². The third kappa shape index (κ3) is 2.35. The summed E-state index contributed by atoms with van der Waals surface area (Å²) in [6.07, 6.45) is -4.37. The van der Waals surface area contributed by atoms with Crippen LogP contribution in [-0.2, 0) is 20.8 Å². The summed E-state index contributed by atoms with van der Waals surface area (Å²) in [4.78, 5) is 9.83. The van der Waals surface area contributed by atoms with Crippen LogP contribution in [-0.4, -0.2) is 19.5 Å². The molecule has 0 unspecified atom stereocenters. The number of carboxylic acid groups (broad SMARTS) is 1. The van der Waals surface area contributed by atoms with Crippen molar-refractivity contribution in [2.24, 2.45) is 0 Å². The predicted octanol–water partition coefficient (Wildman–Crippen LogP) is 2.31. The summed E-state index contributed by atoms with van der Waals surface area (Å²) in [5.74, 6) is -1.36. The van der Waals surface area contributed by atoms with Gasteiger partial charge in [0.05, 0.1) is 21.8 Å². The van der Waals surface area contributed by atoms with Crippen LogP contribution in [0.2, 0.25) is 0 Å². The Morgan fingerprint density at radius 3 is 2.42 bits per heavy atom. The van der Waals surface area contributed by atoms with E-state index >= 15 is 0 Å². The monoisotopic (exact) mass is 292 g/mol. The topological polar surface area (TPSA) is 71.4 Å². The Balaban J connectivity index is 2.55. The van der Waals surface area contributed by atoms with Crippen LogP contribution in [0.4, 0.5) is 13.2 Å². The highest BCUT2D eigenvalue weighted by Crippen LogP contribution is 2.38. The fraction of sp³-hybridized carbons (Fsp3) is 0.182. The molecule has 0 aromatic heterocycles. The second kappa shape index (κ2) is 4.09. The lowest BCUT2D eigenvalue weighted by Crippen LogP contribution is -2.07. The lowest BCUT2D eigenvalue weighted by Gasteiger charge is -2.07. The minimum atomic E-state index is -4.58. The summed E-state index contributed by atoms with van der Waals surface area (Å²) in [6.45, 7) is 0. The van der Waals surface area contributed by atoms with Crippen LogP contribution in [0.3, 0.4) is 0 Å². The Kier molecular flexibility index (Phi) is 2.93. The van der Waals surface area contributed by atoms with Crippen LogP contribution < -0.4 is 0 Å². The summed E-state index contributed by atoms with van der Waals surface area (Å²) < 4.78 is 61.2. The Morgan fingerprint density at radius 2 is 1.89 bits per heavy atom. The zero-order valence-electron chi connectivity index (χ0n) is 9.23. The quantitative estimate of drug-likeness (QED) is 0.908. The zero-order valence-corrected chi connectivity index (χ0v) is 10.0. The fourth-order valence-corrected chi connectivity index (χ4v) is 3.32. The van der Waals surface area contributed by atoms with Crippen molar-refractivity contribution in [1.29, 1.82) is 0 Å². The largest absolute Gasteiger partial charge is 0.481 e. The molecule has 0 amide bonds. The second-order valence-electron chi connectivity index (χ2n) is 3.93. The van der Waals surface area contributed by atoms with Gasteiger partial charge in [0.2, 0.25) is 9.84 Å². The molecular formula is C11H7F3O4S. The van der Waals surface area contributed by atoms with Crippen LogP contribution in [0.15, 0.2) is 28.0 Å². The van der Waals surface area contributed by atoms with E-state index in [9.17, 15) is 26.4 Å². The lowest BCUT2D eigenvalue weighted by molar-refractivity contribution is -0.138. The predicted molar refractivity (Wildman–Crippen MR) is 58.9 cm³/mol. The van der Waals surface area contributed by atoms with Crippen molar-refractivity contribution in [2.75, 3.05) is 0 Å². The van der Waals surface area contributed by atoms with Gasteiger partial charge in [0, 0.05) is 0 Å². The van der Waals surface area contributed by atoms with E-state index in [0.717, 1.165) is 12.1 Å². The lowest BCUT2D eigenvalue weighted by atomic mass is 10.1. The van der Waals surface area contributed by atoms with E-state index < -0.39 is 38.9 Å². The molecule has 0 spiro atoms. The summed E-state index contributed by atoms with van der Waals surface area (Å²) in [6, 6.07) is 2.20. The first-order valence-electron chi connectivity index (χ1n) is 5.01. The maximum Gasteiger partial charge on any atom is 0.416 e. The molecule has 1 aromatic carbocycles. The first-order chi connectivity index (χ1) is 8.62. The number of hydrogen-bond donors (Lipinski definition) is 1. The standard InChI is InChI=1S/C11H7F3O4S/c12-11(13,14)7-1-2-9-6(3-7)4-8(5-10(15)16)19(9,17)18/h1-4H,5H2,(H,15,16). The molecule has 19 heavy (non-hydrogen) atoms. The summed E-state index contributed by atoms with van der Waals surface area (Å²) in [5, 5.41) is 8.58. The highest BCUT2D eigenvalue weighted by Gasteiger charge is 2.35. The molecule has 1 aliphatic rings. The number of halogens is 3. The van der Waals surface area contributed by atoms with Gasteiger partial charge in [-0.1, -0.05) is 0 Å². The Labute approximate surface area is 106 Å². The van der Waals surface area contributed by atoms with Crippen LogP contribution >= 0.6 is 0 Å². The van der Waals surface area contributed by atoms with Gasteiger partial charge in [0.25, 0.3) is 0 Å². The van der Waals surface area contributed by atoms with E-state index in [-0.39, 0.29) is 10.5 Å². The van der Waals surface area contributed by atoms with Crippen molar-refractivity contribution in [3.8, 4) is 0 Å². The van der Waals surface area contributed by atoms with Gasteiger partial charge in [-0.15, -0.1) is 0 Å². The molecule has 1 aromatic rings. The first-order valence-corrected chi connectivity index (χ1v) is 6.49. The minimum absolute atomic E-state index is 0.133. The number of carboxylic acids is 1. The van der Waals surface area contributed by atoms with E-state index in [0.29, 0.717) is 12.1 Å². The molecule has 0 bridgehead atoms. The normalized spacial score (nSPS) is 16.9. The van der Waals surface area contributed by atoms with E-state index in [1.165, 1.54) is 0 Å². The molecule has 4 nitrogen and oxygen atoms in total. The smallest absolute Gasteiger partial charge is 0.416 e.